The summed E-state index contributed by atoms with van der Waals surface area (Å²) in [6, 6.07) is 1.41. The third-order valence-corrected chi connectivity index (χ3v) is 4.74. The van der Waals surface area contributed by atoms with E-state index in [1.54, 1.807) is 14.0 Å². The standard InChI is InChI=1S/C12H14ClN3O4S/c1-4-20-12(17)11-9(13)10-8(16(11)3)5-7(6-15-10)21(18,19)14-2/h5-6,14H,4H2,1-3H3. The summed E-state index contributed by atoms with van der Waals surface area (Å²) in [5.74, 6) is -0.582. The first-order valence-electron chi connectivity index (χ1n) is 6.08. The molecule has 0 radical (unpaired) electrons. The molecule has 0 saturated heterocycles. The predicted octanol–water partition coefficient (Wildman–Crippen LogP) is 1.31. The highest BCUT2D eigenvalue weighted by Crippen LogP contribution is 2.30. The first kappa shape index (κ1) is 15.7. The van der Waals surface area contributed by atoms with Gasteiger partial charge in [0.05, 0.1) is 17.1 Å². The first-order valence-corrected chi connectivity index (χ1v) is 7.94. The van der Waals surface area contributed by atoms with E-state index in [-0.39, 0.29) is 22.2 Å². The number of carbonyl (C=O) groups excluding carboxylic acids is 1. The minimum Gasteiger partial charge on any atom is -0.461 e. The topological polar surface area (TPSA) is 90.3 Å². The molecule has 0 aliphatic rings. The van der Waals surface area contributed by atoms with Gasteiger partial charge in [0.2, 0.25) is 10.0 Å². The van der Waals surface area contributed by atoms with E-state index in [9.17, 15) is 13.2 Å². The van der Waals surface area contributed by atoms with Gasteiger partial charge in [-0.15, -0.1) is 0 Å². The van der Waals surface area contributed by atoms with Crippen molar-refractivity contribution in [3.63, 3.8) is 0 Å². The number of fused-ring (bicyclic) bond motifs is 1. The number of halogens is 1. The lowest BCUT2D eigenvalue weighted by molar-refractivity contribution is 0.0516. The van der Waals surface area contributed by atoms with Crippen LogP contribution in [0.25, 0.3) is 11.0 Å². The summed E-state index contributed by atoms with van der Waals surface area (Å²) in [5, 5.41) is 0.138. The third-order valence-electron chi connectivity index (χ3n) is 3.00. The number of hydrogen-bond donors (Lipinski definition) is 1. The number of esters is 1. The zero-order valence-corrected chi connectivity index (χ0v) is 13.2. The highest BCUT2D eigenvalue weighted by molar-refractivity contribution is 7.89. The summed E-state index contributed by atoms with van der Waals surface area (Å²) < 4.78 is 32.2. The zero-order valence-electron chi connectivity index (χ0n) is 11.7. The van der Waals surface area contributed by atoms with Gasteiger partial charge in [0.1, 0.15) is 16.1 Å². The van der Waals surface area contributed by atoms with Crippen molar-refractivity contribution >= 4 is 38.6 Å². The highest BCUT2D eigenvalue weighted by Gasteiger charge is 2.23. The molecule has 1 N–H and O–H groups in total. The molecule has 0 aromatic carbocycles. The fourth-order valence-corrected chi connectivity index (χ4v) is 2.97. The second-order valence-corrected chi connectivity index (χ2v) is 6.45. The van der Waals surface area contributed by atoms with Gasteiger partial charge in [0, 0.05) is 13.2 Å². The Morgan fingerprint density at radius 3 is 2.76 bits per heavy atom. The molecule has 2 aromatic heterocycles. The Labute approximate surface area is 126 Å². The van der Waals surface area contributed by atoms with Crippen LogP contribution in [0, 0.1) is 0 Å². The van der Waals surface area contributed by atoms with Crippen LogP contribution in [-0.2, 0) is 21.8 Å². The highest BCUT2D eigenvalue weighted by atomic mass is 35.5. The van der Waals surface area contributed by atoms with Crippen molar-refractivity contribution < 1.29 is 17.9 Å². The van der Waals surface area contributed by atoms with Crippen LogP contribution in [0.3, 0.4) is 0 Å². The molecule has 0 aliphatic heterocycles. The maximum absolute atomic E-state index is 11.9. The van der Waals surface area contributed by atoms with Gasteiger partial charge < -0.3 is 9.30 Å². The average Bonchev–Trinajstić information content (AvgIpc) is 2.71. The zero-order chi connectivity index (χ0) is 15.8. The molecule has 7 nitrogen and oxygen atoms in total. The number of nitrogens with zero attached hydrogens (tertiary/aromatic N) is 2. The van der Waals surface area contributed by atoms with Gasteiger partial charge in [-0.05, 0) is 20.0 Å². The maximum Gasteiger partial charge on any atom is 0.356 e. The summed E-state index contributed by atoms with van der Waals surface area (Å²) in [6.45, 7) is 1.90. The smallest absolute Gasteiger partial charge is 0.356 e. The van der Waals surface area contributed by atoms with Crippen LogP contribution in [0.1, 0.15) is 17.4 Å². The predicted molar refractivity (Wildman–Crippen MR) is 77.9 cm³/mol. The second kappa shape index (κ2) is 5.63. The molecule has 0 amide bonds. The summed E-state index contributed by atoms with van der Waals surface area (Å²) >= 11 is 6.14. The number of nitrogens with one attached hydrogen (secondary N) is 1. The van der Waals surface area contributed by atoms with Gasteiger partial charge in [-0.3, -0.25) is 4.98 Å². The number of sulfonamides is 1. The van der Waals surface area contributed by atoms with E-state index in [1.807, 2.05) is 0 Å². The summed E-state index contributed by atoms with van der Waals surface area (Å²) in [5.41, 5.74) is 0.914. The van der Waals surface area contributed by atoms with E-state index >= 15 is 0 Å². The number of rotatable bonds is 4. The molecular weight excluding hydrogens is 318 g/mol. The van der Waals surface area contributed by atoms with Crippen LogP contribution in [0.15, 0.2) is 17.2 Å². The minimum absolute atomic E-state index is 0.00910. The first-order chi connectivity index (χ1) is 9.83. The molecule has 9 heteroatoms. The van der Waals surface area contributed by atoms with E-state index < -0.39 is 16.0 Å². The van der Waals surface area contributed by atoms with E-state index in [4.69, 9.17) is 16.3 Å². The number of aromatic nitrogens is 2. The van der Waals surface area contributed by atoms with Gasteiger partial charge in [0.15, 0.2) is 0 Å². The molecular formula is C12H14ClN3O4S. The van der Waals surface area contributed by atoms with Gasteiger partial charge in [-0.1, -0.05) is 11.6 Å². The molecule has 21 heavy (non-hydrogen) atoms. The van der Waals surface area contributed by atoms with Crippen molar-refractivity contribution in [3.8, 4) is 0 Å². The Balaban J connectivity index is 2.70. The van der Waals surface area contributed by atoms with Gasteiger partial charge in [-0.25, -0.2) is 17.9 Å². The molecule has 2 heterocycles. The number of hydrogen-bond acceptors (Lipinski definition) is 5. The second-order valence-electron chi connectivity index (χ2n) is 4.19. The summed E-state index contributed by atoms with van der Waals surface area (Å²) in [7, 11) is -0.723. The lowest BCUT2D eigenvalue weighted by Crippen LogP contribution is -2.18. The van der Waals surface area contributed by atoms with Crippen LogP contribution in [0.2, 0.25) is 5.02 Å². The molecule has 0 atom stereocenters. The van der Waals surface area contributed by atoms with Crippen LogP contribution in [0.5, 0.6) is 0 Å². The fourth-order valence-electron chi connectivity index (χ4n) is 1.93. The van der Waals surface area contributed by atoms with Crippen LogP contribution in [0.4, 0.5) is 0 Å². The van der Waals surface area contributed by atoms with Gasteiger partial charge in [0.25, 0.3) is 0 Å². The van der Waals surface area contributed by atoms with Crippen molar-refractivity contribution in [2.75, 3.05) is 13.7 Å². The van der Waals surface area contributed by atoms with Crippen LogP contribution in [-0.4, -0.2) is 37.6 Å². The van der Waals surface area contributed by atoms with Crippen molar-refractivity contribution in [1.82, 2.24) is 14.3 Å². The maximum atomic E-state index is 11.9. The summed E-state index contributed by atoms with van der Waals surface area (Å²) in [4.78, 5) is 15.9. The molecule has 2 aromatic rings. The van der Waals surface area contributed by atoms with Crippen LogP contribution < -0.4 is 4.72 Å². The third kappa shape index (κ3) is 2.61. The Kier molecular flexibility index (Phi) is 4.22. The summed E-state index contributed by atoms with van der Waals surface area (Å²) in [6.07, 6.45) is 1.19. The Morgan fingerprint density at radius 2 is 2.19 bits per heavy atom. The molecule has 0 spiro atoms. The normalized spacial score (nSPS) is 11.8. The average molecular weight is 332 g/mol. The number of aryl methyl sites for hydroxylation is 1. The largest absolute Gasteiger partial charge is 0.461 e. The van der Waals surface area contributed by atoms with E-state index in [2.05, 4.69) is 9.71 Å². The van der Waals surface area contributed by atoms with Crippen molar-refractivity contribution in [2.24, 2.45) is 7.05 Å². The molecule has 0 fully saturated rings. The van der Waals surface area contributed by atoms with Gasteiger partial charge in [-0.2, -0.15) is 0 Å². The van der Waals surface area contributed by atoms with Gasteiger partial charge >= 0.3 is 5.97 Å². The Bertz CT molecular complexity index is 814. The van der Waals surface area contributed by atoms with E-state index in [0.29, 0.717) is 11.0 Å². The fraction of sp³-hybridized carbons (Fsp3) is 0.333. The van der Waals surface area contributed by atoms with Crippen molar-refractivity contribution in [1.29, 1.82) is 0 Å². The molecule has 0 aliphatic carbocycles. The minimum atomic E-state index is -3.63. The monoisotopic (exact) mass is 331 g/mol. The lowest BCUT2D eigenvalue weighted by atomic mass is 10.3. The molecule has 0 unspecified atom stereocenters. The quantitative estimate of drug-likeness (QED) is 0.853. The van der Waals surface area contributed by atoms with E-state index in [1.165, 1.54) is 23.9 Å². The Hall–Kier alpha value is -1.64. The molecule has 2 rings (SSSR count). The SMILES string of the molecule is CCOC(=O)c1c(Cl)c2ncc(S(=O)(=O)NC)cc2n1C. The number of ether oxygens (including phenoxy) is 1. The Morgan fingerprint density at radius 1 is 1.52 bits per heavy atom. The molecule has 114 valence electrons. The van der Waals surface area contributed by atoms with Crippen molar-refractivity contribution in [2.45, 2.75) is 11.8 Å². The lowest BCUT2D eigenvalue weighted by Gasteiger charge is -2.05. The van der Waals surface area contributed by atoms with Crippen molar-refractivity contribution in [3.05, 3.63) is 23.0 Å². The molecule has 0 saturated carbocycles. The molecule has 0 bridgehead atoms. The van der Waals surface area contributed by atoms with E-state index in [0.717, 1.165) is 0 Å². The van der Waals surface area contributed by atoms with Crippen LogP contribution >= 0.6 is 11.6 Å². The number of carbonyl (C=O) groups is 1. The number of pyridine rings is 1.